The van der Waals surface area contributed by atoms with Crippen LogP contribution in [0.5, 0.6) is 11.5 Å². The number of carbonyl (C=O) groups excluding carboxylic acids is 2. The molecule has 0 saturated heterocycles. The second-order valence-electron chi connectivity index (χ2n) is 6.05. The Labute approximate surface area is 165 Å². The van der Waals surface area contributed by atoms with Gasteiger partial charge in [0.2, 0.25) is 0 Å². The van der Waals surface area contributed by atoms with Gasteiger partial charge in [0.1, 0.15) is 0 Å². The van der Waals surface area contributed by atoms with Crippen molar-refractivity contribution in [1.82, 2.24) is 10.2 Å². The third-order valence-electron chi connectivity index (χ3n) is 4.19. The van der Waals surface area contributed by atoms with Crippen LogP contribution in [-0.4, -0.2) is 42.4 Å². The second-order valence-corrected chi connectivity index (χ2v) is 6.05. The monoisotopic (exact) mass is 397 g/mol. The van der Waals surface area contributed by atoms with Crippen molar-refractivity contribution < 1.29 is 23.8 Å². The summed E-state index contributed by atoms with van der Waals surface area (Å²) in [6, 6.07) is 11.4. The van der Waals surface area contributed by atoms with E-state index >= 15 is 0 Å². The molecule has 150 valence electrons. The number of H-pyrrole nitrogens is 1. The SMILES string of the molecule is COc1ccc(NC(=O)C(C)OC(=O)c2n[nH]c(=O)c3ccccc23)cc1OC. The zero-order valence-electron chi connectivity index (χ0n) is 16.0. The molecular weight excluding hydrogens is 378 g/mol. The van der Waals surface area contributed by atoms with Gasteiger partial charge in [-0.1, -0.05) is 18.2 Å². The third kappa shape index (κ3) is 4.18. The number of anilines is 1. The van der Waals surface area contributed by atoms with Crippen LogP contribution in [0.3, 0.4) is 0 Å². The molecule has 2 aromatic carbocycles. The highest BCUT2D eigenvalue weighted by atomic mass is 16.5. The Hall–Kier alpha value is -3.88. The van der Waals surface area contributed by atoms with E-state index in [1.165, 1.54) is 21.1 Å². The quantitative estimate of drug-likeness (QED) is 0.612. The third-order valence-corrected chi connectivity index (χ3v) is 4.19. The zero-order chi connectivity index (χ0) is 21.0. The molecule has 1 amide bonds. The van der Waals surface area contributed by atoms with Gasteiger partial charge in [-0.2, -0.15) is 5.10 Å². The van der Waals surface area contributed by atoms with E-state index in [0.29, 0.717) is 28.0 Å². The van der Waals surface area contributed by atoms with Gasteiger partial charge in [0.25, 0.3) is 11.5 Å². The summed E-state index contributed by atoms with van der Waals surface area (Å²) in [6.45, 7) is 1.43. The second kappa shape index (κ2) is 8.42. The largest absolute Gasteiger partial charge is 0.493 e. The number of ether oxygens (including phenoxy) is 3. The van der Waals surface area contributed by atoms with Crippen LogP contribution < -0.4 is 20.3 Å². The normalized spacial score (nSPS) is 11.6. The number of rotatable bonds is 6. The number of nitrogens with one attached hydrogen (secondary N) is 2. The molecule has 3 aromatic rings. The first-order valence-electron chi connectivity index (χ1n) is 8.66. The summed E-state index contributed by atoms with van der Waals surface area (Å²) in [7, 11) is 2.99. The smallest absolute Gasteiger partial charge is 0.360 e. The van der Waals surface area contributed by atoms with Crippen LogP contribution >= 0.6 is 0 Å². The van der Waals surface area contributed by atoms with Crippen molar-refractivity contribution in [2.75, 3.05) is 19.5 Å². The van der Waals surface area contributed by atoms with Crippen molar-refractivity contribution in [3.63, 3.8) is 0 Å². The lowest BCUT2D eigenvalue weighted by atomic mass is 10.1. The molecule has 1 aromatic heterocycles. The molecule has 0 aliphatic heterocycles. The van der Waals surface area contributed by atoms with Gasteiger partial charge < -0.3 is 19.5 Å². The van der Waals surface area contributed by atoms with E-state index in [1.54, 1.807) is 42.5 Å². The molecule has 29 heavy (non-hydrogen) atoms. The Morgan fingerprint density at radius 2 is 1.72 bits per heavy atom. The predicted octanol–water partition coefficient (Wildman–Crippen LogP) is 2.12. The Morgan fingerprint density at radius 1 is 1.03 bits per heavy atom. The number of methoxy groups -OCH3 is 2. The van der Waals surface area contributed by atoms with Crippen molar-refractivity contribution in [2.45, 2.75) is 13.0 Å². The van der Waals surface area contributed by atoms with Crippen LogP contribution in [0.15, 0.2) is 47.3 Å². The molecule has 0 aliphatic rings. The number of hydrogen-bond donors (Lipinski definition) is 2. The van der Waals surface area contributed by atoms with E-state index in [0.717, 1.165) is 0 Å². The van der Waals surface area contributed by atoms with Crippen LogP contribution in [0, 0.1) is 0 Å². The predicted molar refractivity (Wildman–Crippen MR) is 105 cm³/mol. The summed E-state index contributed by atoms with van der Waals surface area (Å²) in [5, 5.41) is 9.31. The molecule has 0 fully saturated rings. The van der Waals surface area contributed by atoms with Gasteiger partial charge in [0.05, 0.1) is 19.6 Å². The maximum Gasteiger partial charge on any atom is 0.360 e. The van der Waals surface area contributed by atoms with Gasteiger partial charge in [-0.3, -0.25) is 9.59 Å². The molecular formula is C20H19N3O6. The van der Waals surface area contributed by atoms with E-state index in [-0.39, 0.29) is 5.69 Å². The standard InChI is InChI=1S/C20H19N3O6/c1-11(18(24)21-12-8-9-15(27-2)16(10-12)28-3)29-20(26)17-13-6-4-5-7-14(13)19(25)23-22-17/h4-11H,1-3H3,(H,21,24)(H,23,25). The van der Waals surface area contributed by atoms with Crippen molar-refractivity contribution in [2.24, 2.45) is 0 Å². The van der Waals surface area contributed by atoms with E-state index < -0.39 is 23.5 Å². The lowest BCUT2D eigenvalue weighted by Gasteiger charge is -2.15. The summed E-state index contributed by atoms with van der Waals surface area (Å²) in [4.78, 5) is 36.7. The number of amides is 1. The fourth-order valence-electron chi connectivity index (χ4n) is 2.70. The van der Waals surface area contributed by atoms with E-state index in [2.05, 4.69) is 15.5 Å². The number of aromatic nitrogens is 2. The summed E-state index contributed by atoms with van der Waals surface area (Å²) in [5.41, 5.74) is -0.0504. The van der Waals surface area contributed by atoms with Crippen LogP contribution in [-0.2, 0) is 9.53 Å². The molecule has 0 bridgehead atoms. The number of nitrogens with zero attached hydrogens (tertiary/aromatic N) is 1. The first-order valence-corrected chi connectivity index (χ1v) is 8.66. The van der Waals surface area contributed by atoms with Gasteiger partial charge in [-0.25, -0.2) is 9.89 Å². The minimum atomic E-state index is -1.11. The van der Waals surface area contributed by atoms with Gasteiger partial charge >= 0.3 is 5.97 Å². The summed E-state index contributed by atoms with van der Waals surface area (Å²) >= 11 is 0. The molecule has 9 nitrogen and oxygen atoms in total. The Morgan fingerprint density at radius 3 is 2.41 bits per heavy atom. The summed E-state index contributed by atoms with van der Waals surface area (Å²) < 4.78 is 15.6. The Bertz CT molecular complexity index is 1120. The maximum atomic E-state index is 12.5. The molecule has 0 spiro atoms. The van der Waals surface area contributed by atoms with Gasteiger partial charge in [0.15, 0.2) is 23.3 Å². The Balaban J connectivity index is 1.74. The lowest BCUT2D eigenvalue weighted by molar-refractivity contribution is -0.123. The average Bonchev–Trinajstić information content (AvgIpc) is 2.73. The fourth-order valence-corrected chi connectivity index (χ4v) is 2.70. The topological polar surface area (TPSA) is 120 Å². The number of esters is 1. The van der Waals surface area contributed by atoms with Crippen LogP contribution in [0.4, 0.5) is 5.69 Å². The van der Waals surface area contributed by atoms with Crippen LogP contribution in [0.1, 0.15) is 17.4 Å². The fraction of sp³-hybridized carbons (Fsp3) is 0.200. The van der Waals surface area contributed by atoms with Crippen molar-refractivity contribution in [1.29, 1.82) is 0 Å². The van der Waals surface area contributed by atoms with Gasteiger partial charge in [-0.15, -0.1) is 0 Å². The first-order chi connectivity index (χ1) is 13.9. The van der Waals surface area contributed by atoms with Crippen molar-refractivity contribution in [3.05, 3.63) is 58.5 Å². The van der Waals surface area contributed by atoms with E-state index in [9.17, 15) is 14.4 Å². The van der Waals surface area contributed by atoms with Crippen molar-refractivity contribution >= 4 is 28.3 Å². The number of carbonyl (C=O) groups is 2. The molecule has 1 unspecified atom stereocenters. The molecule has 2 N–H and O–H groups in total. The molecule has 1 atom stereocenters. The first kappa shape index (κ1) is 19.9. The number of hydrogen-bond acceptors (Lipinski definition) is 7. The minimum Gasteiger partial charge on any atom is -0.493 e. The Kier molecular flexibility index (Phi) is 5.77. The molecule has 3 rings (SSSR count). The minimum absolute atomic E-state index is 0.0778. The highest BCUT2D eigenvalue weighted by Gasteiger charge is 2.22. The highest BCUT2D eigenvalue weighted by Crippen LogP contribution is 2.29. The molecule has 0 saturated carbocycles. The zero-order valence-corrected chi connectivity index (χ0v) is 16.0. The summed E-state index contributed by atoms with van der Waals surface area (Å²) in [6.07, 6.45) is -1.11. The molecule has 0 radical (unpaired) electrons. The highest BCUT2D eigenvalue weighted by molar-refractivity contribution is 6.03. The lowest BCUT2D eigenvalue weighted by Crippen LogP contribution is -2.30. The number of fused-ring (bicyclic) bond motifs is 1. The van der Waals surface area contributed by atoms with Crippen molar-refractivity contribution in [3.8, 4) is 11.5 Å². The molecule has 0 aliphatic carbocycles. The van der Waals surface area contributed by atoms with Gasteiger partial charge in [0, 0.05) is 17.1 Å². The summed E-state index contributed by atoms with van der Waals surface area (Å²) in [5.74, 6) is -0.411. The maximum absolute atomic E-state index is 12.5. The van der Waals surface area contributed by atoms with E-state index in [1.807, 2.05) is 0 Å². The van der Waals surface area contributed by atoms with Crippen LogP contribution in [0.2, 0.25) is 0 Å². The number of aromatic amines is 1. The van der Waals surface area contributed by atoms with Gasteiger partial charge in [-0.05, 0) is 25.1 Å². The molecule has 1 heterocycles. The van der Waals surface area contributed by atoms with Crippen LogP contribution in [0.25, 0.3) is 10.8 Å². The number of benzene rings is 2. The molecule has 9 heteroatoms. The van der Waals surface area contributed by atoms with E-state index in [4.69, 9.17) is 14.2 Å². The average molecular weight is 397 g/mol.